The summed E-state index contributed by atoms with van der Waals surface area (Å²) in [7, 11) is -3.65. The Kier molecular flexibility index (Phi) is 5.91. The van der Waals surface area contributed by atoms with E-state index < -0.39 is 10.0 Å². The van der Waals surface area contributed by atoms with Crippen LogP contribution in [0.25, 0.3) is 5.69 Å². The van der Waals surface area contributed by atoms with Crippen molar-refractivity contribution in [1.29, 1.82) is 0 Å². The average molecular weight is 457 g/mol. The minimum atomic E-state index is -3.65. The van der Waals surface area contributed by atoms with Gasteiger partial charge >= 0.3 is 0 Å². The van der Waals surface area contributed by atoms with Crippen LogP contribution in [0, 0.1) is 20.8 Å². The number of carbonyl (C=O) groups excluding carboxylic acids is 1. The predicted molar refractivity (Wildman–Crippen MR) is 120 cm³/mol. The summed E-state index contributed by atoms with van der Waals surface area (Å²) in [5.74, 6) is -0.116. The Morgan fingerprint density at radius 1 is 0.969 bits per heavy atom. The van der Waals surface area contributed by atoms with Crippen LogP contribution in [-0.2, 0) is 16.6 Å². The Morgan fingerprint density at radius 3 is 2.22 bits per heavy atom. The highest BCUT2D eigenvalue weighted by Crippen LogP contribution is 2.23. The van der Waals surface area contributed by atoms with Crippen molar-refractivity contribution >= 4 is 15.9 Å². The van der Waals surface area contributed by atoms with E-state index in [1.807, 2.05) is 51.1 Å². The highest BCUT2D eigenvalue weighted by atomic mass is 32.2. The van der Waals surface area contributed by atoms with Crippen LogP contribution >= 0.6 is 0 Å². The first-order valence-corrected chi connectivity index (χ1v) is 12.1. The summed E-state index contributed by atoms with van der Waals surface area (Å²) in [5.41, 5.74) is 3.39. The molecule has 0 atom stereocenters. The van der Waals surface area contributed by atoms with Gasteiger partial charge in [0, 0.05) is 38.9 Å². The number of hydrogen-bond acceptors (Lipinski definition) is 5. The topological polar surface area (TPSA) is 93.3 Å². The largest absolute Gasteiger partial charge is 0.336 e. The zero-order chi connectivity index (χ0) is 23.0. The SMILES string of the molecule is CCn1cc(S(=O)(=O)N2CCN(C(=O)c3c(C)nn(-c4ccccc4)c3C)CC2)c(C)n1. The normalized spacial score (nSPS) is 15.3. The first-order chi connectivity index (χ1) is 15.2. The van der Waals surface area contributed by atoms with Crippen molar-refractivity contribution in [2.75, 3.05) is 26.2 Å². The summed E-state index contributed by atoms with van der Waals surface area (Å²) in [6.07, 6.45) is 1.58. The highest BCUT2D eigenvalue weighted by Gasteiger charge is 2.34. The third kappa shape index (κ3) is 3.84. The van der Waals surface area contributed by atoms with Crippen molar-refractivity contribution in [1.82, 2.24) is 28.8 Å². The molecule has 0 bridgehead atoms. The molecule has 0 radical (unpaired) electrons. The summed E-state index contributed by atoms with van der Waals surface area (Å²) in [6.45, 7) is 9.08. The number of carbonyl (C=O) groups is 1. The number of aromatic nitrogens is 4. The predicted octanol–water partition coefficient (Wildman–Crippen LogP) is 2.16. The lowest BCUT2D eigenvalue weighted by Crippen LogP contribution is -2.50. The van der Waals surface area contributed by atoms with Crippen molar-refractivity contribution < 1.29 is 13.2 Å². The van der Waals surface area contributed by atoms with Gasteiger partial charge in [-0.2, -0.15) is 14.5 Å². The van der Waals surface area contributed by atoms with E-state index in [1.54, 1.807) is 27.4 Å². The number of amides is 1. The molecule has 3 heterocycles. The second kappa shape index (κ2) is 8.51. The van der Waals surface area contributed by atoms with E-state index in [-0.39, 0.29) is 23.9 Å². The van der Waals surface area contributed by atoms with Gasteiger partial charge in [0.2, 0.25) is 10.0 Å². The number of nitrogens with zero attached hydrogens (tertiary/aromatic N) is 6. The molecule has 1 amide bonds. The molecule has 1 aromatic carbocycles. The molecular weight excluding hydrogens is 428 g/mol. The molecule has 0 saturated carbocycles. The van der Waals surface area contributed by atoms with Gasteiger partial charge in [-0.25, -0.2) is 13.1 Å². The zero-order valence-electron chi connectivity index (χ0n) is 18.8. The molecule has 2 aromatic heterocycles. The fourth-order valence-electron chi connectivity index (χ4n) is 4.12. The molecule has 1 saturated heterocycles. The van der Waals surface area contributed by atoms with Crippen molar-refractivity contribution in [3.63, 3.8) is 0 Å². The smallest absolute Gasteiger partial charge is 0.257 e. The lowest BCUT2D eigenvalue weighted by atomic mass is 10.1. The zero-order valence-corrected chi connectivity index (χ0v) is 19.6. The first-order valence-electron chi connectivity index (χ1n) is 10.7. The van der Waals surface area contributed by atoms with E-state index in [2.05, 4.69) is 10.2 Å². The number of benzene rings is 1. The summed E-state index contributed by atoms with van der Waals surface area (Å²) in [6, 6.07) is 9.68. The van der Waals surface area contributed by atoms with Crippen LogP contribution in [0.15, 0.2) is 41.4 Å². The van der Waals surface area contributed by atoms with Crippen LogP contribution in [0.4, 0.5) is 0 Å². The third-order valence-corrected chi connectivity index (χ3v) is 7.88. The monoisotopic (exact) mass is 456 g/mol. The maximum Gasteiger partial charge on any atom is 0.257 e. The number of rotatable bonds is 5. The summed E-state index contributed by atoms with van der Waals surface area (Å²) >= 11 is 0. The lowest BCUT2D eigenvalue weighted by molar-refractivity contribution is 0.0696. The molecule has 1 aliphatic heterocycles. The molecule has 1 aliphatic rings. The molecule has 4 rings (SSSR count). The van der Waals surface area contributed by atoms with Gasteiger partial charge in [-0.1, -0.05) is 18.2 Å². The summed E-state index contributed by atoms with van der Waals surface area (Å²) < 4.78 is 31.1. The standard InChI is InChI=1S/C22H28N6O3S/c1-5-26-15-20(16(2)23-26)32(30,31)27-13-11-25(12-14-27)22(29)21-17(3)24-28(18(21)4)19-9-7-6-8-10-19/h6-10,15H,5,11-14H2,1-4H3. The Morgan fingerprint density at radius 2 is 1.62 bits per heavy atom. The van der Waals surface area contributed by atoms with Crippen molar-refractivity contribution in [2.45, 2.75) is 39.1 Å². The lowest BCUT2D eigenvalue weighted by Gasteiger charge is -2.34. The number of sulfonamides is 1. The van der Waals surface area contributed by atoms with Crippen LogP contribution in [0.2, 0.25) is 0 Å². The summed E-state index contributed by atoms with van der Waals surface area (Å²) in [5, 5.41) is 8.82. The number of aryl methyl sites for hydroxylation is 3. The summed E-state index contributed by atoms with van der Waals surface area (Å²) in [4.78, 5) is 15.2. The highest BCUT2D eigenvalue weighted by molar-refractivity contribution is 7.89. The van der Waals surface area contributed by atoms with E-state index in [4.69, 9.17) is 0 Å². The first kappa shape index (κ1) is 22.2. The van der Waals surface area contributed by atoms with Gasteiger partial charge < -0.3 is 4.90 Å². The molecule has 0 aliphatic carbocycles. The molecule has 3 aromatic rings. The van der Waals surface area contributed by atoms with Crippen LogP contribution in [0.1, 0.15) is 34.4 Å². The average Bonchev–Trinajstić information content (AvgIpc) is 3.33. The van der Waals surface area contributed by atoms with E-state index >= 15 is 0 Å². The fraction of sp³-hybridized carbons (Fsp3) is 0.409. The number of hydrogen-bond donors (Lipinski definition) is 0. The van der Waals surface area contributed by atoms with Crippen LogP contribution < -0.4 is 0 Å². The van der Waals surface area contributed by atoms with Crippen molar-refractivity contribution in [2.24, 2.45) is 0 Å². The minimum absolute atomic E-state index is 0.116. The Balaban J connectivity index is 1.51. The molecule has 1 fully saturated rings. The second-order valence-corrected chi connectivity index (χ2v) is 9.83. The van der Waals surface area contributed by atoms with Crippen molar-refractivity contribution in [3.8, 4) is 5.69 Å². The van der Waals surface area contributed by atoms with Crippen LogP contribution in [0.5, 0.6) is 0 Å². The Labute approximate surface area is 188 Å². The van der Waals surface area contributed by atoms with Crippen LogP contribution in [0.3, 0.4) is 0 Å². The van der Waals surface area contributed by atoms with E-state index in [0.717, 1.165) is 11.4 Å². The van der Waals surface area contributed by atoms with Gasteiger partial charge in [0.25, 0.3) is 5.91 Å². The second-order valence-electron chi connectivity index (χ2n) is 7.92. The third-order valence-electron chi connectivity index (χ3n) is 5.87. The number of para-hydroxylation sites is 1. The molecule has 0 spiro atoms. The molecule has 32 heavy (non-hydrogen) atoms. The molecule has 0 N–H and O–H groups in total. The molecule has 9 nitrogen and oxygen atoms in total. The van der Waals surface area contributed by atoms with Gasteiger partial charge in [-0.3, -0.25) is 9.48 Å². The van der Waals surface area contributed by atoms with E-state index in [0.29, 0.717) is 36.6 Å². The fourth-order valence-corrected chi connectivity index (χ4v) is 5.71. The quantitative estimate of drug-likeness (QED) is 0.587. The van der Waals surface area contributed by atoms with Gasteiger partial charge in [-0.15, -0.1) is 0 Å². The van der Waals surface area contributed by atoms with Gasteiger partial charge in [-0.05, 0) is 39.8 Å². The molecule has 10 heteroatoms. The number of piperazine rings is 1. The van der Waals surface area contributed by atoms with Gasteiger partial charge in [0.15, 0.2) is 0 Å². The van der Waals surface area contributed by atoms with E-state index in [1.165, 1.54) is 4.31 Å². The Hall–Kier alpha value is -2.98. The van der Waals surface area contributed by atoms with Gasteiger partial charge in [0.05, 0.1) is 28.3 Å². The maximum atomic E-state index is 13.3. The van der Waals surface area contributed by atoms with Crippen LogP contribution in [-0.4, -0.2) is 69.3 Å². The minimum Gasteiger partial charge on any atom is -0.336 e. The maximum absolute atomic E-state index is 13.3. The Bertz CT molecular complexity index is 1240. The van der Waals surface area contributed by atoms with Gasteiger partial charge in [0.1, 0.15) is 4.90 Å². The van der Waals surface area contributed by atoms with E-state index in [9.17, 15) is 13.2 Å². The molecule has 0 unspecified atom stereocenters. The molecule has 170 valence electrons. The molecular formula is C22H28N6O3S. The van der Waals surface area contributed by atoms with Crippen molar-refractivity contribution in [3.05, 3.63) is 59.2 Å².